The van der Waals surface area contributed by atoms with Crippen molar-refractivity contribution >= 4 is 28.0 Å². The largest absolute Gasteiger partial charge is 0.512 e. The smallest absolute Gasteiger partial charge is 0.251 e. The van der Waals surface area contributed by atoms with Crippen molar-refractivity contribution in [3.8, 4) is 0 Å². The van der Waals surface area contributed by atoms with E-state index in [0.29, 0.717) is 22.8 Å². The van der Waals surface area contributed by atoms with Gasteiger partial charge in [-0.3, -0.25) is 4.79 Å². The zero-order valence-electron chi connectivity index (χ0n) is 17.6. The predicted octanol–water partition coefficient (Wildman–Crippen LogP) is 6.15. The molecule has 31 heavy (non-hydrogen) atoms. The summed E-state index contributed by atoms with van der Waals surface area (Å²) in [7, 11) is 0. The van der Waals surface area contributed by atoms with E-state index in [1.54, 1.807) is 19.1 Å². The molecule has 0 saturated heterocycles. The molecule has 4 rings (SSSR count). The Labute approximate surface area is 180 Å². The number of H-pyrrole nitrogens is 1. The van der Waals surface area contributed by atoms with Crippen molar-refractivity contribution in [1.29, 1.82) is 0 Å². The summed E-state index contributed by atoms with van der Waals surface area (Å²) in [5.74, 6) is -0.271. The van der Waals surface area contributed by atoms with E-state index in [1.807, 2.05) is 37.4 Å². The van der Waals surface area contributed by atoms with Gasteiger partial charge in [0.1, 0.15) is 5.82 Å². The molecule has 5 heteroatoms. The number of aliphatic hydroxyl groups excluding tert-OH is 1. The minimum atomic E-state index is -0.327. The number of amides is 1. The Morgan fingerprint density at radius 2 is 1.87 bits per heavy atom. The Bertz CT molecular complexity index is 1220. The van der Waals surface area contributed by atoms with Crippen LogP contribution < -0.4 is 5.32 Å². The minimum Gasteiger partial charge on any atom is -0.512 e. The van der Waals surface area contributed by atoms with Crippen LogP contribution in [0.15, 0.2) is 72.6 Å². The first-order chi connectivity index (χ1) is 14.9. The van der Waals surface area contributed by atoms with Gasteiger partial charge in [0.2, 0.25) is 0 Å². The van der Waals surface area contributed by atoms with Crippen molar-refractivity contribution in [2.45, 2.75) is 32.7 Å². The maximum absolute atomic E-state index is 13.4. The number of aromatic amines is 1. The van der Waals surface area contributed by atoms with Gasteiger partial charge in [-0.25, -0.2) is 4.39 Å². The van der Waals surface area contributed by atoms with Crippen LogP contribution in [0.2, 0.25) is 0 Å². The summed E-state index contributed by atoms with van der Waals surface area (Å²) in [5.41, 5.74) is 5.05. The number of carbonyl (C=O) groups is 1. The van der Waals surface area contributed by atoms with Crippen LogP contribution in [-0.2, 0) is 0 Å². The maximum Gasteiger partial charge on any atom is 0.251 e. The third-order valence-corrected chi connectivity index (χ3v) is 5.56. The summed E-state index contributed by atoms with van der Waals surface area (Å²) in [6.45, 7) is 7.67. The molecule has 0 unspecified atom stereocenters. The first-order valence-electron chi connectivity index (χ1n) is 10.3. The number of carbonyl (C=O) groups excluding carboxylic acids is 1. The van der Waals surface area contributed by atoms with Crippen molar-refractivity contribution in [3.05, 3.63) is 95.2 Å². The van der Waals surface area contributed by atoms with E-state index in [2.05, 4.69) is 16.9 Å². The van der Waals surface area contributed by atoms with Crippen molar-refractivity contribution in [3.63, 3.8) is 0 Å². The first kappa shape index (κ1) is 20.7. The fourth-order valence-electron chi connectivity index (χ4n) is 3.79. The number of rotatable bonds is 6. The quantitative estimate of drug-likeness (QED) is 0.333. The average molecular weight is 416 g/mol. The van der Waals surface area contributed by atoms with Crippen LogP contribution in [-0.4, -0.2) is 22.0 Å². The van der Waals surface area contributed by atoms with Gasteiger partial charge in [0.05, 0.1) is 5.76 Å². The molecule has 1 heterocycles. The van der Waals surface area contributed by atoms with Crippen molar-refractivity contribution < 1.29 is 14.3 Å². The highest BCUT2D eigenvalue weighted by molar-refractivity contribution is 6.06. The van der Waals surface area contributed by atoms with Gasteiger partial charge in [0, 0.05) is 39.8 Å². The van der Waals surface area contributed by atoms with Crippen molar-refractivity contribution in [2.75, 3.05) is 0 Å². The molecule has 1 aliphatic carbocycles. The molecular weight excluding hydrogens is 391 g/mol. The van der Waals surface area contributed by atoms with Crippen LogP contribution in [0, 0.1) is 5.82 Å². The second-order valence-electron chi connectivity index (χ2n) is 7.86. The highest BCUT2D eigenvalue weighted by atomic mass is 19.1. The number of hydrogen-bond acceptors (Lipinski definition) is 2. The van der Waals surface area contributed by atoms with E-state index in [0.717, 1.165) is 40.4 Å². The van der Waals surface area contributed by atoms with E-state index in [1.165, 1.54) is 12.1 Å². The SMILES string of the molecule is C=C(/C(C(=CC)c1c[nH]c2cc(C(=O)NC3CC3)ccc12)=C(/C)O)c1ccc(F)cc1. The van der Waals surface area contributed by atoms with Crippen LogP contribution in [0.1, 0.15) is 48.2 Å². The summed E-state index contributed by atoms with van der Waals surface area (Å²) < 4.78 is 13.4. The number of allylic oxidation sites excluding steroid dienone is 5. The number of hydrogen-bond donors (Lipinski definition) is 3. The summed E-state index contributed by atoms with van der Waals surface area (Å²) in [6.07, 6.45) is 5.86. The Hall–Kier alpha value is -3.60. The molecule has 0 aliphatic heterocycles. The third kappa shape index (κ3) is 4.17. The number of halogens is 1. The van der Waals surface area contributed by atoms with Crippen LogP contribution >= 0.6 is 0 Å². The Balaban J connectivity index is 1.71. The Kier molecular flexibility index (Phi) is 5.51. The van der Waals surface area contributed by atoms with E-state index in [9.17, 15) is 14.3 Å². The Morgan fingerprint density at radius 3 is 2.48 bits per heavy atom. The van der Waals surface area contributed by atoms with Gasteiger partial charge in [0.25, 0.3) is 5.91 Å². The topological polar surface area (TPSA) is 65.1 Å². The van der Waals surface area contributed by atoms with E-state index < -0.39 is 0 Å². The molecule has 0 radical (unpaired) electrons. The molecule has 3 aromatic rings. The average Bonchev–Trinajstić information content (AvgIpc) is 3.47. The molecule has 3 N–H and O–H groups in total. The number of benzene rings is 2. The van der Waals surface area contributed by atoms with Crippen LogP contribution in [0.25, 0.3) is 22.0 Å². The second-order valence-corrected chi connectivity index (χ2v) is 7.86. The summed E-state index contributed by atoms with van der Waals surface area (Å²) in [4.78, 5) is 15.6. The molecule has 1 amide bonds. The molecule has 1 aliphatic rings. The first-order valence-corrected chi connectivity index (χ1v) is 10.3. The molecule has 0 bridgehead atoms. The standard InChI is InChI=1S/C26H25FN2O2/c1-4-21(25(16(3)30)15(2)17-5-8-19(27)9-6-17)23-14-28-24-13-18(7-12-22(23)24)26(31)29-20-10-11-20/h4-9,12-14,20,28,30H,2,10-11H2,1,3H3,(H,29,31)/b21-4?,25-16+. The summed E-state index contributed by atoms with van der Waals surface area (Å²) >= 11 is 0. The molecular formula is C26H25FN2O2. The molecule has 0 atom stereocenters. The van der Waals surface area contributed by atoms with Crippen molar-refractivity contribution in [1.82, 2.24) is 10.3 Å². The highest BCUT2D eigenvalue weighted by Crippen LogP contribution is 2.38. The normalized spacial score (nSPS) is 15.0. The van der Waals surface area contributed by atoms with Gasteiger partial charge < -0.3 is 15.4 Å². The fourth-order valence-corrected chi connectivity index (χ4v) is 3.79. The number of fused-ring (bicyclic) bond motifs is 1. The van der Waals surface area contributed by atoms with Gasteiger partial charge >= 0.3 is 0 Å². The van der Waals surface area contributed by atoms with Crippen LogP contribution in [0.5, 0.6) is 0 Å². The molecule has 2 aromatic carbocycles. The van der Waals surface area contributed by atoms with E-state index in [4.69, 9.17) is 0 Å². The maximum atomic E-state index is 13.4. The molecule has 1 fully saturated rings. The number of aliphatic hydroxyl groups is 1. The van der Waals surface area contributed by atoms with Gasteiger partial charge in [-0.15, -0.1) is 0 Å². The van der Waals surface area contributed by atoms with Gasteiger partial charge in [-0.1, -0.05) is 30.9 Å². The predicted molar refractivity (Wildman–Crippen MR) is 123 cm³/mol. The number of aromatic nitrogens is 1. The molecule has 4 nitrogen and oxygen atoms in total. The lowest BCUT2D eigenvalue weighted by molar-refractivity contribution is 0.0951. The number of nitrogens with one attached hydrogen (secondary N) is 2. The van der Waals surface area contributed by atoms with Crippen LogP contribution in [0.3, 0.4) is 0 Å². The lowest BCUT2D eigenvalue weighted by atomic mass is 9.88. The van der Waals surface area contributed by atoms with Crippen LogP contribution in [0.4, 0.5) is 4.39 Å². The monoisotopic (exact) mass is 416 g/mol. The zero-order valence-corrected chi connectivity index (χ0v) is 17.6. The second kappa shape index (κ2) is 8.26. The molecule has 0 spiro atoms. The van der Waals surface area contributed by atoms with Crippen molar-refractivity contribution in [2.24, 2.45) is 0 Å². The van der Waals surface area contributed by atoms with Gasteiger partial charge in [-0.2, -0.15) is 0 Å². The van der Waals surface area contributed by atoms with E-state index in [-0.39, 0.29) is 17.5 Å². The zero-order chi connectivity index (χ0) is 22.1. The summed E-state index contributed by atoms with van der Waals surface area (Å²) in [5, 5.41) is 14.5. The highest BCUT2D eigenvalue weighted by Gasteiger charge is 2.24. The van der Waals surface area contributed by atoms with Gasteiger partial charge in [0.15, 0.2) is 0 Å². The molecule has 1 saturated carbocycles. The Morgan fingerprint density at radius 1 is 1.19 bits per heavy atom. The van der Waals surface area contributed by atoms with Gasteiger partial charge in [-0.05, 0) is 67.7 Å². The minimum absolute atomic E-state index is 0.0664. The third-order valence-electron chi connectivity index (χ3n) is 5.56. The fraction of sp³-hybridized carbons (Fsp3) is 0.192. The summed E-state index contributed by atoms with van der Waals surface area (Å²) in [6, 6.07) is 11.9. The molecule has 158 valence electrons. The van der Waals surface area contributed by atoms with E-state index >= 15 is 0 Å². The lowest BCUT2D eigenvalue weighted by Crippen LogP contribution is -2.25. The molecule has 1 aromatic heterocycles. The lowest BCUT2D eigenvalue weighted by Gasteiger charge is -2.16.